The Hall–Kier alpha value is -9.56. The number of fused-ring (bicyclic) bond motifs is 10. The molecule has 76 heavy (non-hydrogen) atoms. The lowest BCUT2D eigenvalue weighted by Gasteiger charge is -2.19. The quantitative estimate of drug-likeness (QED) is 0.0588. The molecule has 0 fully saturated rings. The molecular weight excluding hydrogens is 994 g/mol. The zero-order valence-corrected chi connectivity index (χ0v) is 42.4. The smallest absolute Gasteiger partial charge is 0.259 e. The lowest BCUT2D eigenvalue weighted by atomic mass is 10.00. The van der Waals surface area contributed by atoms with Gasteiger partial charge in [0.1, 0.15) is 11.4 Å². The number of aromatic hydroxyl groups is 2. The second-order valence-electron chi connectivity index (χ2n) is 18.6. The zero-order chi connectivity index (χ0) is 52.4. The largest absolute Gasteiger partial charge is 0.505 e. The molecule has 2 amide bonds. The highest BCUT2D eigenvalue weighted by atomic mass is 35.5. The van der Waals surface area contributed by atoms with E-state index < -0.39 is 5.91 Å². The molecule has 0 bridgehead atoms. The number of carbonyl (C=O) groups excluding carboxylic acids is 2. The molecule has 370 valence electrons. The van der Waals surface area contributed by atoms with Crippen LogP contribution in [0.15, 0.2) is 190 Å². The molecular formula is C61H43Cl2N9O4. The Morgan fingerprint density at radius 1 is 0.487 bits per heavy atom. The van der Waals surface area contributed by atoms with Crippen LogP contribution < -0.4 is 15.5 Å². The van der Waals surface area contributed by atoms with Gasteiger partial charge in [-0.25, -0.2) is 0 Å². The summed E-state index contributed by atoms with van der Waals surface area (Å²) in [6.07, 6.45) is 0. The summed E-state index contributed by atoms with van der Waals surface area (Å²) in [7, 11) is 1.93. The number of azo groups is 2. The van der Waals surface area contributed by atoms with Gasteiger partial charge in [-0.05, 0) is 145 Å². The molecule has 0 aliphatic heterocycles. The van der Waals surface area contributed by atoms with Crippen LogP contribution in [0.25, 0.3) is 65.2 Å². The van der Waals surface area contributed by atoms with Crippen LogP contribution in [-0.2, 0) is 0 Å². The average molecular weight is 1040 g/mol. The van der Waals surface area contributed by atoms with E-state index in [-0.39, 0.29) is 40.0 Å². The first-order valence-corrected chi connectivity index (χ1v) is 24.9. The van der Waals surface area contributed by atoms with Crippen molar-refractivity contribution < 1.29 is 19.8 Å². The molecule has 0 saturated carbocycles. The number of H-pyrrole nitrogens is 2. The minimum atomic E-state index is -0.491. The second-order valence-corrected chi connectivity index (χ2v) is 19.4. The van der Waals surface area contributed by atoms with Gasteiger partial charge < -0.3 is 35.7 Å². The molecule has 0 atom stereocenters. The van der Waals surface area contributed by atoms with Crippen molar-refractivity contribution in [3.05, 3.63) is 202 Å². The fraction of sp³-hybridized carbons (Fsp3) is 0.0492. The van der Waals surface area contributed by atoms with E-state index in [2.05, 4.69) is 41.1 Å². The number of aromatic nitrogens is 2. The standard InChI is InChI=1S/C61H43Cl2N9O4/c1-32-8-4-6-10-42(32)60(75)67-51-29-35-13-25-44-46-31-37(63)15-27-50(46)65-55(44)53(35)57(59(51)74)71-69-39-18-22-41(23-19-39)72(3)40-20-16-38(17-21-40)68-70-56-52-34(12-24-43-45-30-36(62)14-26-49(45)64-54(43)52)28-47(58(56)73)61(76)66-48-11-7-5-9-33(48)2/h4-31,64-65,73-74H,1-3H3,(H,66,76)(H,67,75). The summed E-state index contributed by atoms with van der Waals surface area (Å²) >= 11 is 12.8. The molecule has 0 unspecified atom stereocenters. The first-order valence-electron chi connectivity index (χ1n) is 24.2. The first kappa shape index (κ1) is 47.4. The van der Waals surface area contributed by atoms with Crippen molar-refractivity contribution in [1.82, 2.24) is 9.97 Å². The van der Waals surface area contributed by atoms with Crippen molar-refractivity contribution in [3.63, 3.8) is 0 Å². The normalized spacial score (nSPS) is 11.9. The summed E-state index contributed by atoms with van der Waals surface area (Å²) in [6, 6.07) is 52.0. The zero-order valence-electron chi connectivity index (χ0n) is 40.9. The number of nitrogens with zero attached hydrogens (tertiary/aromatic N) is 5. The van der Waals surface area contributed by atoms with Crippen molar-refractivity contribution in [1.29, 1.82) is 0 Å². The van der Waals surface area contributed by atoms with E-state index in [0.29, 0.717) is 54.3 Å². The minimum Gasteiger partial charge on any atom is -0.505 e. The number of amides is 2. The molecule has 6 N–H and O–H groups in total. The number of rotatable bonds is 10. The highest BCUT2D eigenvalue weighted by Crippen LogP contribution is 2.48. The summed E-state index contributed by atoms with van der Waals surface area (Å²) in [6.45, 7) is 3.76. The van der Waals surface area contributed by atoms with E-state index in [1.807, 2.05) is 171 Å². The molecule has 0 saturated heterocycles. The average Bonchev–Trinajstić information content (AvgIpc) is 4.09. The van der Waals surface area contributed by atoms with Crippen LogP contribution in [0.1, 0.15) is 31.8 Å². The van der Waals surface area contributed by atoms with Crippen molar-refractivity contribution in [2.45, 2.75) is 13.8 Å². The summed E-state index contributed by atoms with van der Waals surface area (Å²) < 4.78 is 0. The number of benzene rings is 10. The maximum absolute atomic E-state index is 13.8. The van der Waals surface area contributed by atoms with E-state index >= 15 is 0 Å². The monoisotopic (exact) mass is 1040 g/mol. The third-order valence-electron chi connectivity index (χ3n) is 13.9. The van der Waals surface area contributed by atoms with E-state index in [0.717, 1.165) is 66.0 Å². The van der Waals surface area contributed by atoms with Crippen LogP contribution in [0.5, 0.6) is 11.5 Å². The number of phenols is 2. The molecule has 12 rings (SSSR count). The number of phenolic OH excluding ortho intramolecular Hbond substituents is 2. The number of nitrogens with one attached hydrogen (secondary N) is 4. The molecule has 0 radical (unpaired) electrons. The second kappa shape index (κ2) is 19.0. The first-order chi connectivity index (χ1) is 36.9. The van der Waals surface area contributed by atoms with Gasteiger partial charge >= 0.3 is 0 Å². The number of hydrogen-bond donors (Lipinski definition) is 6. The van der Waals surface area contributed by atoms with Gasteiger partial charge in [-0.15, -0.1) is 10.2 Å². The summed E-state index contributed by atoms with van der Waals surface area (Å²) in [5.74, 6) is -1.41. The van der Waals surface area contributed by atoms with Crippen LogP contribution in [0.2, 0.25) is 10.0 Å². The van der Waals surface area contributed by atoms with Gasteiger partial charge in [-0.3, -0.25) is 9.59 Å². The van der Waals surface area contributed by atoms with Crippen molar-refractivity contribution in [2.75, 3.05) is 22.6 Å². The van der Waals surface area contributed by atoms with Gasteiger partial charge in [0.05, 0.1) is 33.7 Å². The Labute approximate surface area is 443 Å². The SMILES string of the molecule is Cc1ccccc1NC(=O)c1cc2ccc3c4cc(Cl)ccc4[nH]c3c2c(N=Nc2ccc(N(C)c3ccc(N=Nc4c(O)c(NC(=O)c5ccccc5C)cc5ccc6c7cc(Cl)ccc7[nH]c6c45)cc3)cc2)c1O. The van der Waals surface area contributed by atoms with E-state index in [1.54, 1.807) is 24.3 Å². The third kappa shape index (κ3) is 8.52. The van der Waals surface area contributed by atoms with Crippen molar-refractivity contribution in [2.24, 2.45) is 20.5 Å². The number of carbonyl (C=O) groups is 2. The van der Waals surface area contributed by atoms with Gasteiger partial charge in [0, 0.05) is 83.1 Å². The van der Waals surface area contributed by atoms with Crippen molar-refractivity contribution >= 4 is 146 Å². The Balaban J connectivity index is 0.842. The predicted octanol–water partition coefficient (Wildman–Crippen LogP) is 17.7. The number of aryl methyl sites for hydroxylation is 2. The lowest BCUT2D eigenvalue weighted by Crippen LogP contribution is -2.13. The maximum atomic E-state index is 13.8. The molecule has 0 aliphatic carbocycles. The summed E-state index contributed by atoms with van der Waals surface area (Å²) in [5.41, 5.74) is 9.21. The Morgan fingerprint density at radius 2 is 0.974 bits per heavy atom. The molecule has 0 aliphatic rings. The fourth-order valence-corrected chi connectivity index (χ4v) is 10.2. The van der Waals surface area contributed by atoms with E-state index in [9.17, 15) is 19.8 Å². The predicted molar refractivity (Wildman–Crippen MR) is 308 cm³/mol. The summed E-state index contributed by atoms with van der Waals surface area (Å²) in [5, 5.41) is 55.6. The Bertz CT molecular complexity index is 4430. The molecule has 12 aromatic rings. The number of hydrogen-bond acceptors (Lipinski definition) is 9. The highest BCUT2D eigenvalue weighted by molar-refractivity contribution is 6.33. The molecule has 2 heterocycles. The number of anilines is 4. The number of para-hydroxylation sites is 1. The van der Waals surface area contributed by atoms with Gasteiger partial charge in [-0.1, -0.05) is 83.9 Å². The number of aromatic amines is 2. The molecule has 2 aromatic heterocycles. The minimum absolute atomic E-state index is 0.0472. The topological polar surface area (TPSA) is 183 Å². The molecule has 15 heteroatoms. The van der Waals surface area contributed by atoms with Crippen LogP contribution >= 0.6 is 23.2 Å². The number of halogens is 2. The molecule has 10 aromatic carbocycles. The molecule has 13 nitrogen and oxygen atoms in total. The van der Waals surface area contributed by atoms with E-state index in [4.69, 9.17) is 23.2 Å². The molecule has 0 spiro atoms. The van der Waals surface area contributed by atoms with E-state index in [1.165, 1.54) is 0 Å². The van der Waals surface area contributed by atoms with Crippen LogP contribution in [0.4, 0.5) is 45.5 Å². The van der Waals surface area contributed by atoms with Crippen molar-refractivity contribution in [3.8, 4) is 11.5 Å². The lowest BCUT2D eigenvalue weighted by molar-refractivity contribution is 0.101. The van der Waals surface area contributed by atoms with Gasteiger partial charge in [0.25, 0.3) is 11.8 Å². The van der Waals surface area contributed by atoms with Crippen LogP contribution in [-0.4, -0.2) is 39.0 Å². The Kier molecular flexibility index (Phi) is 11.9. The highest BCUT2D eigenvalue weighted by Gasteiger charge is 2.24. The van der Waals surface area contributed by atoms with Crippen LogP contribution in [0, 0.1) is 13.8 Å². The van der Waals surface area contributed by atoms with Gasteiger partial charge in [0.2, 0.25) is 0 Å². The fourth-order valence-electron chi connectivity index (χ4n) is 9.84. The summed E-state index contributed by atoms with van der Waals surface area (Å²) in [4.78, 5) is 36.3. The third-order valence-corrected chi connectivity index (χ3v) is 14.3. The van der Waals surface area contributed by atoms with Crippen LogP contribution in [0.3, 0.4) is 0 Å². The maximum Gasteiger partial charge on any atom is 0.259 e. The van der Waals surface area contributed by atoms with Gasteiger partial charge in [0.15, 0.2) is 11.5 Å². The van der Waals surface area contributed by atoms with Gasteiger partial charge in [-0.2, -0.15) is 10.2 Å². The Morgan fingerprint density at radius 3 is 1.53 bits per heavy atom.